The van der Waals surface area contributed by atoms with Crippen molar-refractivity contribution in [2.75, 3.05) is 19.0 Å². The number of rotatable bonds is 6. The van der Waals surface area contributed by atoms with Gasteiger partial charge in [0.15, 0.2) is 12.0 Å². The van der Waals surface area contributed by atoms with Crippen LogP contribution in [0.3, 0.4) is 0 Å². The molecule has 0 radical (unpaired) electrons. The summed E-state index contributed by atoms with van der Waals surface area (Å²) in [6.07, 6.45) is 0. The second kappa shape index (κ2) is 9.34. The Hall–Kier alpha value is -3.48. The van der Waals surface area contributed by atoms with Crippen LogP contribution in [0.2, 0.25) is 10.0 Å². The summed E-state index contributed by atoms with van der Waals surface area (Å²) in [5.41, 5.74) is 1.55. The summed E-state index contributed by atoms with van der Waals surface area (Å²) in [5, 5.41) is 3.98. The number of anilines is 1. The number of benzene rings is 3. The molecule has 0 aliphatic rings. The van der Waals surface area contributed by atoms with E-state index in [4.69, 9.17) is 37.1 Å². The number of ether oxygens (including phenoxy) is 2. The fourth-order valence-corrected chi connectivity index (χ4v) is 3.52. The first-order valence-electron chi connectivity index (χ1n) is 9.53. The third kappa shape index (κ3) is 4.88. The molecular weight excluding hydrogens is 453 g/mol. The van der Waals surface area contributed by atoms with E-state index in [1.807, 2.05) is 0 Å². The van der Waals surface area contributed by atoms with Crippen LogP contribution in [-0.2, 0) is 4.79 Å². The lowest BCUT2D eigenvalue weighted by Gasteiger charge is -2.10. The molecule has 8 heteroatoms. The van der Waals surface area contributed by atoms with E-state index in [9.17, 15) is 9.59 Å². The summed E-state index contributed by atoms with van der Waals surface area (Å²) in [6.45, 7) is -0.216. The Morgan fingerprint density at radius 3 is 2.50 bits per heavy atom. The van der Waals surface area contributed by atoms with E-state index in [-0.39, 0.29) is 17.9 Å². The van der Waals surface area contributed by atoms with Crippen LogP contribution in [0, 0.1) is 0 Å². The van der Waals surface area contributed by atoms with Gasteiger partial charge in [0.1, 0.15) is 22.8 Å². The fraction of sp³-hybridized carbons (Fsp3) is 0.0833. The molecule has 0 bridgehead atoms. The average Bonchev–Trinajstić information content (AvgIpc) is 2.78. The van der Waals surface area contributed by atoms with Crippen LogP contribution < -0.4 is 20.2 Å². The minimum absolute atomic E-state index is 0.171. The Balaban J connectivity index is 1.44. The molecule has 1 N–H and O–H groups in total. The SMILES string of the molecule is COc1ccc2oc(-c3ccc(NC(=O)COc4ccc(Cl)cc4Cl)cc3)cc(=O)c2c1. The molecule has 0 aliphatic heterocycles. The van der Waals surface area contributed by atoms with Crippen molar-refractivity contribution in [1.29, 1.82) is 0 Å². The second-order valence-corrected chi connectivity index (χ2v) is 7.67. The van der Waals surface area contributed by atoms with Crippen LogP contribution in [0.15, 0.2) is 75.9 Å². The summed E-state index contributed by atoms with van der Waals surface area (Å²) >= 11 is 11.9. The molecule has 0 aliphatic carbocycles. The van der Waals surface area contributed by atoms with Gasteiger partial charge >= 0.3 is 0 Å². The molecule has 0 saturated heterocycles. The highest BCUT2D eigenvalue weighted by molar-refractivity contribution is 6.35. The van der Waals surface area contributed by atoms with Gasteiger partial charge in [-0.2, -0.15) is 0 Å². The minimum Gasteiger partial charge on any atom is -0.497 e. The maximum atomic E-state index is 12.5. The maximum absolute atomic E-state index is 12.5. The van der Waals surface area contributed by atoms with Crippen LogP contribution in [0.4, 0.5) is 5.69 Å². The van der Waals surface area contributed by atoms with Gasteiger partial charge < -0.3 is 19.2 Å². The van der Waals surface area contributed by atoms with Gasteiger partial charge in [-0.05, 0) is 60.7 Å². The molecule has 6 nitrogen and oxygen atoms in total. The zero-order chi connectivity index (χ0) is 22.7. The lowest BCUT2D eigenvalue weighted by molar-refractivity contribution is -0.118. The largest absolute Gasteiger partial charge is 0.497 e. The van der Waals surface area contributed by atoms with E-state index in [2.05, 4.69) is 5.32 Å². The molecular formula is C24H17Cl2NO5. The summed E-state index contributed by atoms with van der Waals surface area (Å²) in [6, 6.07) is 18.2. The van der Waals surface area contributed by atoms with Gasteiger partial charge in [-0.25, -0.2) is 0 Å². The number of hydrogen-bond donors (Lipinski definition) is 1. The van der Waals surface area contributed by atoms with Crippen molar-refractivity contribution in [2.45, 2.75) is 0 Å². The number of halogens is 2. The van der Waals surface area contributed by atoms with Gasteiger partial charge in [0.25, 0.3) is 5.91 Å². The highest BCUT2D eigenvalue weighted by atomic mass is 35.5. The summed E-state index contributed by atoms with van der Waals surface area (Å²) in [7, 11) is 1.54. The standard InChI is InChI=1S/C24H17Cl2NO5/c1-30-17-7-9-21-18(11-17)20(28)12-23(32-21)14-2-5-16(6-3-14)27-24(29)13-31-22-8-4-15(25)10-19(22)26/h2-12H,13H2,1H3,(H,27,29). The van der Waals surface area contributed by atoms with Crippen molar-refractivity contribution in [3.8, 4) is 22.8 Å². The Labute approximate surface area is 193 Å². The normalized spacial score (nSPS) is 10.7. The fourth-order valence-electron chi connectivity index (χ4n) is 3.06. The molecule has 0 unspecified atom stereocenters. The van der Waals surface area contributed by atoms with Crippen LogP contribution in [0.1, 0.15) is 0 Å². The highest BCUT2D eigenvalue weighted by Gasteiger charge is 2.10. The molecule has 3 aromatic carbocycles. The molecule has 4 rings (SSSR count). The second-order valence-electron chi connectivity index (χ2n) is 6.83. The Kier molecular flexibility index (Phi) is 6.35. The summed E-state index contributed by atoms with van der Waals surface area (Å²) in [5.74, 6) is 1.02. The molecule has 0 atom stereocenters. The number of methoxy groups -OCH3 is 1. The molecule has 162 valence electrons. The van der Waals surface area contributed by atoms with E-state index in [1.54, 1.807) is 54.6 Å². The van der Waals surface area contributed by atoms with E-state index in [1.165, 1.54) is 19.2 Å². The number of fused-ring (bicyclic) bond motifs is 1. The van der Waals surface area contributed by atoms with Gasteiger partial charge in [-0.1, -0.05) is 23.2 Å². The third-order valence-electron chi connectivity index (χ3n) is 4.64. The van der Waals surface area contributed by atoms with Crippen LogP contribution in [0.25, 0.3) is 22.3 Å². The van der Waals surface area contributed by atoms with Crippen molar-refractivity contribution < 1.29 is 18.7 Å². The first-order chi connectivity index (χ1) is 15.4. The molecule has 4 aromatic rings. The number of nitrogens with one attached hydrogen (secondary N) is 1. The number of amides is 1. The maximum Gasteiger partial charge on any atom is 0.262 e. The predicted molar refractivity (Wildman–Crippen MR) is 125 cm³/mol. The quantitative estimate of drug-likeness (QED) is 0.386. The minimum atomic E-state index is -0.352. The van der Waals surface area contributed by atoms with E-state index < -0.39 is 0 Å². The van der Waals surface area contributed by atoms with E-state index in [0.29, 0.717) is 49.5 Å². The van der Waals surface area contributed by atoms with Crippen molar-refractivity contribution in [1.82, 2.24) is 0 Å². The predicted octanol–water partition coefficient (Wildman–Crippen LogP) is 5.79. The molecule has 1 heterocycles. The summed E-state index contributed by atoms with van der Waals surface area (Å²) in [4.78, 5) is 24.7. The Morgan fingerprint density at radius 2 is 1.78 bits per heavy atom. The lowest BCUT2D eigenvalue weighted by atomic mass is 10.1. The average molecular weight is 470 g/mol. The topological polar surface area (TPSA) is 77.8 Å². The van der Waals surface area contributed by atoms with Gasteiger partial charge in [0.2, 0.25) is 0 Å². The van der Waals surface area contributed by atoms with Crippen molar-refractivity contribution in [2.24, 2.45) is 0 Å². The Morgan fingerprint density at radius 1 is 1.00 bits per heavy atom. The molecule has 32 heavy (non-hydrogen) atoms. The molecule has 1 aromatic heterocycles. The molecule has 0 fully saturated rings. The smallest absolute Gasteiger partial charge is 0.262 e. The van der Waals surface area contributed by atoms with Gasteiger partial charge in [-0.15, -0.1) is 0 Å². The summed E-state index contributed by atoms with van der Waals surface area (Å²) < 4.78 is 16.5. The van der Waals surface area contributed by atoms with Gasteiger partial charge in [0.05, 0.1) is 17.5 Å². The van der Waals surface area contributed by atoms with Crippen molar-refractivity contribution in [3.63, 3.8) is 0 Å². The number of hydrogen-bond acceptors (Lipinski definition) is 5. The zero-order valence-electron chi connectivity index (χ0n) is 16.9. The van der Waals surface area contributed by atoms with E-state index in [0.717, 1.165) is 0 Å². The lowest BCUT2D eigenvalue weighted by Crippen LogP contribution is -2.20. The third-order valence-corrected chi connectivity index (χ3v) is 5.17. The zero-order valence-corrected chi connectivity index (χ0v) is 18.4. The van der Waals surface area contributed by atoms with Crippen LogP contribution in [0.5, 0.6) is 11.5 Å². The van der Waals surface area contributed by atoms with Crippen LogP contribution >= 0.6 is 23.2 Å². The first kappa shape index (κ1) is 21.7. The number of carbonyl (C=O) groups excluding carboxylic acids is 1. The Bertz CT molecular complexity index is 1350. The van der Waals surface area contributed by atoms with Crippen molar-refractivity contribution >= 4 is 45.8 Å². The number of carbonyl (C=O) groups is 1. The van der Waals surface area contributed by atoms with Crippen molar-refractivity contribution in [3.05, 3.63) is 87.0 Å². The molecule has 0 spiro atoms. The highest BCUT2D eigenvalue weighted by Crippen LogP contribution is 2.28. The van der Waals surface area contributed by atoms with Gasteiger partial charge in [-0.3, -0.25) is 9.59 Å². The van der Waals surface area contributed by atoms with Gasteiger partial charge in [0, 0.05) is 22.3 Å². The van der Waals surface area contributed by atoms with E-state index >= 15 is 0 Å². The first-order valence-corrected chi connectivity index (χ1v) is 10.3. The molecule has 1 amide bonds. The monoisotopic (exact) mass is 469 g/mol. The molecule has 0 saturated carbocycles. The van der Waals surface area contributed by atoms with Crippen LogP contribution in [-0.4, -0.2) is 19.6 Å².